The highest BCUT2D eigenvalue weighted by Crippen LogP contribution is 2.24. The summed E-state index contributed by atoms with van der Waals surface area (Å²) < 4.78 is 27.8. The molecule has 0 radical (unpaired) electrons. The summed E-state index contributed by atoms with van der Waals surface area (Å²) in [5.41, 5.74) is 1.30. The first-order valence-electron chi connectivity index (χ1n) is 8.55. The maximum Gasteiger partial charge on any atom is 0.251 e. The molecular formula is C19H21BrN2O3S. The number of sulfonamides is 1. The van der Waals surface area contributed by atoms with E-state index >= 15 is 0 Å². The Labute approximate surface area is 162 Å². The van der Waals surface area contributed by atoms with Gasteiger partial charge in [-0.15, -0.1) is 0 Å². The number of halogens is 1. The van der Waals surface area contributed by atoms with Gasteiger partial charge >= 0.3 is 0 Å². The average molecular weight is 437 g/mol. The lowest BCUT2D eigenvalue weighted by Gasteiger charge is -2.18. The van der Waals surface area contributed by atoms with E-state index in [0.717, 1.165) is 22.9 Å². The highest BCUT2D eigenvalue weighted by atomic mass is 79.9. The second kappa shape index (κ2) is 7.90. The Hall–Kier alpha value is -1.70. The van der Waals surface area contributed by atoms with Crippen LogP contribution in [0, 0.1) is 0 Å². The third-order valence-electron chi connectivity index (χ3n) is 4.52. The third-order valence-corrected chi connectivity index (χ3v) is 7.14. The van der Waals surface area contributed by atoms with E-state index in [9.17, 15) is 13.2 Å². The minimum Gasteiger partial charge on any atom is -0.345 e. The van der Waals surface area contributed by atoms with Gasteiger partial charge in [-0.25, -0.2) is 8.42 Å². The summed E-state index contributed by atoms with van der Waals surface area (Å²) in [4.78, 5) is 12.8. The van der Waals surface area contributed by atoms with Gasteiger partial charge < -0.3 is 5.32 Å². The van der Waals surface area contributed by atoms with E-state index < -0.39 is 10.0 Å². The Morgan fingerprint density at radius 1 is 1.12 bits per heavy atom. The van der Waals surface area contributed by atoms with Crippen molar-refractivity contribution >= 4 is 31.9 Å². The van der Waals surface area contributed by atoms with Crippen LogP contribution in [0.1, 0.15) is 41.7 Å². The van der Waals surface area contributed by atoms with Crippen molar-refractivity contribution in [2.24, 2.45) is 0 Å². The topological polar surface area (TPSA) is 66.5 Å². The molecule has 1 aliphatic rings. The molecule has 5 nitrogen and oxygen atoms in total. The van der Waals surface area contributed by atoms with E-state index in [4.69, 9.17) is 0 Å². The van der Waals surface area contributed by atoms with Crippen molar-refractivity contribution in [3.05, 3.63) is 64.1 Å². The standard InChI is InChI=1S/C19H21BrN2O3S/c1-14(17-9-2-3-10-18(17)20)21-19(23)15-7-6-8-16(13-15)26(24,25)22-11-4-5-12-22/h2-3,6-10,13-14H,4-5,11-12H2,1H3,(H,21,23). The van der Waals surface area contributed by atoms with Crippen molar-refractivity contribution in [3.63, 3.8) is 0 Å². The number of carbonyl (C=O) groups excluding carboxylic acids is 1. The normalized spacial score (nSPS) is 16.4. The van der Waals surface area contributed by atoms with Crippen molar-refractivity contribution < 1.29 is 13.2 Å². The fourth-order valence-corrected chi connectivity index (χ4v) is 5.25. The first kappa shape index (κ1) is 19.1. The van der Waals surface area contributed by atoms with Crippen molar-refractivity contribution in [1.29, 1.82) is 0 Å². The van der Waals surface area contributed by atoms with Crippen LogP contribution in [0.15, 0.2) is 57.9 Å². The van der Waals surface area contributed by atoms with E-state index in [2.05, 4.69) is 21.2 Å². The van der Waals surface area contributed by atoms with Crippen LogP contribution in [-0.4, -0.2) is 31.7 Å². The second-order valence-corrected chi connectivity index (χ2v) is 9.15. The molecule has 1 fully saturated rings. The predicted octanol–water partition coefficient (Wildman–Crippen LogP) is 3.72. The van der Waals surface area contributed by atoms with Gasteiger partial charge in [-0.3, -0.25) is 4.79 Å². The lowest BCUT2D eigenvalue weighted by molar-refractivity contribution is 0.0939. The Balaban J connectivity index is 1.79. The smallest absolute Gasteiger partial charge is 0.251 e. The van der Waals surface area contributed by atoms with Crippen LogP contribution in [-0.2, 0) is 10.0 Å². The van der Waals surface area contributed by atoms with E-state index in [0.29, 0.717) is 18.7 Å². The fraction of sp³-hybridized carbons (Fsp3) is 0.316. The maximum absolute atomic E-state index is 12.7. The first-order chi connectivity index (χ1) is 12.4. The molecule has 1 aliphatic heterocycles. The van der Waals surface area contributed by atoms with Gasteiger partial charge in [-0.1, -0.05) is 40.2 Å². The van der Waals surface area contributed by atoms with E-state index in [1.165, 1.54) is 10.4 Å². The Bertz CT molecular complexity index is 909. The van der Waals surface area contributed by atoms with Gasteiger partial charge in [-0.2, -0.15) is 4.31 Å². The lowest BCUT2D eigenvalue weighted by atomic mass is 10.1. The fourth-order valence-electron chi connectivity index (χ4n) is 3.06. The summed E-state index contributed by atoms with van der Waals surface area (Å²) in [7, 11) is -3.54. The number of carbonyl (C=O) groups is 1. The molecule has 1 unspecified atom stereocenters. The maximum atomic E-state index is 12.7. The summed E-state index contributed by atoms with van der Waals surface area (Å²) in [5, 5.41) is 2.92. The molecule has 1 heterocycles. The van der Waals surface area contributed by atoms with Crippen molar-refractivity contribution in [2.75, 3.05) is 13.1 Å². The van der Waals surface area contributed by atoms with Crippen LogP contribution < -0.4 is 5.32 Å². The number of amides is 1. The lowest BCUT2D eigenvalue weighted by Crippen LogP contribution is -2.29. The third kappa shape index (κ3) is 4.00. The monoisotopic (exact) mass is 436 g/mol. The zero-order valence-corrected chi connectivity index (χ0v) is 16.9. The number of benzene rings is 2. The van der Waals surface area contributed by atoms with Crippen molar-refractivity contribution in [2.45, 2.75) is 30.7 Å². The number of nitrogens with zero attached hydrogens (tertiary/aromatic N) is 1. The van der Waals surface area contributed by atoms with Gasteiger partial charge in [0.2, 0.25) is 10.0 Å². The van der Waals surface area contributed by atoms with Crippen LogP contribution in [0.4, 0.5) is 0 Å². The number of hydrogen-bond donors (Lipinski definition) is 1. The Morgan fingerprint density at radius 3 is 2.50 bits per heavy atom. The molecule has 7 heteroatoms. The van der Waals surface area contributed by atoms with Crippen molar-refractivity contribution in [1.82, 2.24) is 9.62 Å². The molecule has 0 saturated carbocycles. The molecule has 3 rings (SSSR count). The second-order valence-electron chi connectivity index (χ2n) is 6.36. The molecule has 1 amide bonds. The van der Waals surface area contributed by atoms with Gasteiger partial charge in [0.1, 0.15) is 0 Å². The van der Waals surface area contributed by atoms with E-state index in [1.807, 2.05) is 31.2 Å². The van der Waals surface area contributed by atoms with Gasteiger partial charge in [-0.05, 0) is 49.6 Å². The van der Waals surface area contributed by atoms with Crippen LogP contribution in [0.3, 0.4) is 0 Å². The molecule has 0 spiro atoms. The largest absolute Gasteiger partial charge is 0.345 e. The van der Waals surface area contributed by atoms with Gasteiger partial charge in [0.05, 0.1) is 10.9 Å². The molecule has 1 N–H and O–H groups in total. The van der Waals surface area contributed by atoms with Crippen molar-refractivity contribution in [3.8, 4) is 0 Å². The summed E-state index contributed by atoms with van der Waals surface area (Å²) >= 11 is 3.48. The minimum absolute atomic E-state index is 0.167. The van der Waals surface area contributed by atoms with E-state index in [-0.39, 0.29) is 16.8 Å². The average Bonchev–Trinajstić information content (AvgIpc) is 3.17. The van der Waals surface area contributed by atoms with Crippen LogP contribution >= 0.6 is 15.9 Å². The SMILES string of the molecule is CC(NC(=O)c1cccc(S(=O)(=O)N2CCCC2)c1)c1ccccc1Br. The highest BCUT2D eigenvalue weighted by Gasteiger charge is 2.27. The molecule has 2 aromatic rings. The highest BCUT2D eigenvalue weighted by molar-refractivity contribution is 9.10. The summed E-state index contributed by atoms with van der Waals surface area (Å²) in [6, 6.07) is 13.7. The minimum atomic E-state index is -3.54. The zero-order chi connectivity index (χ0) is 18.7. The molecular weight excluding hydrogens is 416 g/mol. The summed E-state index contributed by atoms with van der Waals surface area (Å²) in [5.74, 6) is -0.299. The first-order valence-corrected chi connectivity index (χ1v) is 10.8. The molecule has 2 aromatic carbocycles. The summed E-state index contributed by atoms with van der Waals surface area (Å²) in [6.45, 7) is 2.97. The van der Waals surface area contributed by atoms with Crippen LogP contribution in [0.25, 0.3) is 0 Å². The molecule has 0 aromatic heterocycles. The molecule has 1 saturated heterocycles. The Morgan fingerprint density at radius 2 is 1.81 bits per heavy atom. The molecule has 0 aliphatic carbocycles. The quantitative estimate of drug-likeness (QED) is 0.776. The van der Waals surface area contributed by atoms with Gasteiger partial charge in [0, 0.05) is 23.1 Å². The van der Waals surface area contributed by atoms with Gasteiger partial charge in [0.15, 0.2) is 0 Å². The molecule has 138 valence electrons. The molecule has 26 heavy (non-hydrogen) atoms. The number of hydrogen-bond acceptors (Lipinski definition) is 3. The Kier molecular flexibility index (Phi) is 5.79. The molecule has 1 atom stereocenters. The number of rotatable bonds is 5. The zero-order valence-electron chi connectivity index (χ0n) is 14.5. The van der Waals surface area contributed by atoms with E-state index in [1.54, 1.807) is 18.2 Å². The number of nitrogens with one attached hydrogen (secondary N) is 1. The van der Waals surface area contributed by atoms with Crippen LogP contribution in [0.2, 0.25) is 0 Å². The summed E-state index contributed by atoms with van der Waals surface area (Å²) in [6.07, 6.45) is 1.76. The molecule has 0 bridgehead atoms. The predicted molar refractivity (Wildman–Crippen MR) is 104 cm³/mol. The van der Waals surface area contributed by atoms with Gasteiger partial charge in [0.25, 0.3) is 5.91 Å². The van der Waals surface area contributed by atoms with Crippen LogP contribution in [0.5, 0.6) is 0 Å².